The lowest BCUT2D eigenvalue weighted by atomic mass is 10.1. The Kier molecular flexibility index (Phi) is 4.21. The van der Waals surface area contributed by atoms with Crippen LogP contribution in [0.25, 0.3) is 6.08 Å². The van der Waals surface area contributed by atoms with Crippen LogP contribution < -0.4 is 4.90 Å². The van der Waals surface area contributed by atoms with Crippen molar-refractivity contribution in [2.75, 3.05) is 24.3 Å². The van der Waals surface area contributed by atoms with E-state index in [0.717, 1.165) is 5.33 Å². The highest BCUT2D eigenvalue weighted by molar-refractivity contribution is 9.09. The van der Waals surface area contributed by atoms with Crippen LogP contribution in [0.4, 0.5) is 5.69 Å². The van der Waals surface area contributed by atoms with Gasteiger partial charge in [0.05, 0.1) is 0 Å². The van der Waals surface area contributed by atoms with Gasteiger partial charge in [-0.25, -0.2) is 0 Å². The fourth-order valence-corrected chi connectivity index (χ4v) is 1.35. The van der Waals surface area contributed by atoms with Crippen LogP contribution in [0.5, 0.6) is 0 Å². The topological polar surface area (TPSA) is 3.24 Å². The largest absolute Gasteiger partial charge is 0.378 e. The van der Waals surface area contributed by atoms with Gasteiger partial charge in [0.15, 0.2) is 0 Å². The number of hydrogen-bond donors (Lipinski definition) is 0. The van der Waals surface area contributed by atoms with Crippen molar-refractivity contribution in [1.29, 1.82) is 0 Å². The third-order valence-electron chi connectivity index (χ3n) is 2.03. The molecule has 0 atom stereocenters. The zero-order valence-electron chi connectivity index (χ0n) is 8.92. The monoisotopic (exact) mass is 253 g/mol. The number of anilines is 1. The molecule has 0 N–H and O–H groups in total. The van der Waals surface area contributed by atoms with Crippen LogP contribution in [0, 0.1) is 0 Å². The van der Waals surface area contributed by atoms with Gasteiger partial charge in [0.2, 0.25) is 0 Å². The lowest BCUT2D eigenvalue weighted by molar-refractivity contribution is 1.13. The lowest BCUT2D eigenvalue weighted by Crippen LogP contribution is -2.07. The van der Waals surface area contributed by atoms with Crippen molar-refractivity contribution < 1.29 is 0 Å². The molecule has 0 aliphatic carbocycles. The molecule has 0 spiro atoms. The van der Waals surface area contributed by atoms with E-state index in [2.05, 4.69) is 72.2 Å². The molecule has 1 aromatic rings. The zero-order valence-corrected chi connectivity index (χ0v) is 10.5. The third kappa shape index (κ3) is 3.18. The summed E-state index contributed by atoms with van der Waals surface area (Å²) >= 11 is 3.43. The van der Waals surface area contributed by atoms with E-state index in [-0.39, 0.29) is 0 Å². The van der Waals surface area contributed by atoms with E-state index < -0.39 is 0 Å². The van der Waals surface area contributed by atoms with Gasteiger partial charge in [-0.3, -0.25) is 0 Å². The number of allylic oxidation sites excluding steroid dienone is 1. The average Bonchev–Trinajstić information content (AvgIpc) is 2.18. The number of nitrogens with zero attached hydrogens (tertiary/aromatic N) is 1. The van der Waals surface area contributed by atoms with E-state index in [9.17, 15) is 0 Å². The summed E-state index contributed by atoms with van der Waals surface area (Å²) in [6.07, 6.45) is 2.19. The van der Waals surface area contributed by atoms with Crippen molar-refractivity contribution in [2.24, 2.45) is 0 Å². The molecule has 1 aromatic carbocycles. The van der Waals surface area contributed by atoms with E-state index in [4.69, 9.17) is 0 Å². The molecule has 0 saturated heterocycles. The summed E-state index contributed by atoms with van der Waals surface area (Å²) in [6.45, 7) is 2.12. The summed E-state index contributed by atoms with van der Waals surface area (Å²) in [5, 5.41) is 0.933. The van der Waals surface area contributed by atoms with Crippen LogP contribution in [0.3, 0.4) is 0 Å². The summed E-state index contributed by atoms with van der Waals surface area (Å²) in [7, 11) is 4.10. The molecule has 0 bridgehead atoms. The van der Waals surface area contributed by atoms with Crippen molar-refractivity contribution in [3.63, 3.8) is 0 Å². The van der Waals surface area contributed by atoms with Crippen LogP contribution in [-0.4, -0.2) is 19.4 Å². The zero-order chi connectivity index (χ0) is 10.6. The quantitative estimate of drug-likeness (QED) is 0.745. The highest BCUT2D eigenvalue weighted by Gasteiger charge is 1.94. The Bertz CT molecular complexity index is 312. The van der Waals surface area contributed by atoms with E-state index in [1.807, 2.05) is 0 Å². The van der Waals surface area contributed by atoms with E-state index >= 15 is 0 Å². The Morgan fingerprint density at radius 3 is 2.29 bits per heavy atom. The van der Waals surface area contributed by atoms with Gasteiger partial charge in [-0.15, -0.1) is 0 Å². The molecule has 76 valence electrons. The number of alkyl halides is 1. The Morgan fingerprint density at radius 1 is 1.29 bits per heavy atom. The molecular formula is C12H16BrN. The second-order valence-corrected chi connectivity index (χ2v) is 4.17. The summed E-state index contributed by atoms with van der Waals surface area (Å²) in [6, 6.07) is 8.55. The molecule has 0 aliphatic rings. The van der Waals surface area contributed by atoms with Gasteiger partial charge in [0.1, 0.15) is 0 Å². The van der Waals surface area contributed by atoms with Crippen LogP contribution in [0.2, 0.25) is 0 Å². The first-order valence-corrected chi connectivity index (χ1v) is 5.76. The van der Waals surface area contributed by atoms with Crippen molar-refractivity contribution in [3.05, 3.63) is 35.4 Å². The molecule has 0 heterocycles. The van der Waals surface area contributed by atoms with E-state index in [1.54, 1.807) is 0 Å². The molecule has 0 amide bonds. The smallest absolute Gasteiger partial charge is 0.0361 e. The van der Waals surface area contributed by atoms with Crippen molar-refractivity contribution in [1.82, 2.24) is 0 Å². The number of benzene rings is 1. The third-order valence-corrected chi connectivity index (χ3v) is 2.92. The molecular weight excluding hydrogens is 238 g/mol. The van der Waals surface area contributed by atoms with Crippen LogP contribution in [0.1, 0.15) is 12.5 Å². The second kappa shape index (κ2) is 5.20. The highest BCUT2D eigenvalue weighted by Crippen LogP contribution is 2.14. The molecule has 2 heteroatoms. The van der Waals surface area contributed by atoms with Gasteiger partial charge in [0.25, 0.3) is 0 Å². The van der Waals surface area contributed by atoms with Crippen molar-refractivity contribution in [2.45, 2.75) is 6.92 Å². The summed E-state index contributed by atoms with van der Waals surface area (Å²) in [5.74, 6) is 0. The first-order valence-electron chi connectivity index (χ1n) is 4.64. The minimum Gasteiger partial charge on any atom is -0.378 e. The fraction of sp³-hybridized carbons (Fsp3) is 0.333. The maximum atomic E-state index is 3.43. The van der Waals surface area contributed by atoms with Crippen molar-refractivity contribution in [3.8, 4) is 0 Å². The minimum absolute atomic E-state index is 0.933. The highest BCUT2D eigenvalue weighted by atomic mass is 79.9. The van der Waals surface area contributed by atoms with E-state index in [0.29, 0.717) is 0 Å². The molecule has 0 aliphatic heterocycles. The lowest BCUT2D eigenvalue weighted by Gasteiger charge is -2.11. The first kappa shape index (κ1) is 11.3. The van der Waals surface area contributed by atoms with Crippen LogP contribution in [-0.2, 0) is 0 Å². The van der Waals surface area contributed by atoms with Crippen LogP contribution in [0.15, 0.2) is 29.8 Å². The van der Waals surface area contributed by atoms with Gasteiger partial charge in [-0.05, 0) is 24.6 Å². The molecule has 0 radical (unpaired) electrons. The molecule has 14 heavy (non-hydrogen) atoms. The molecule has 1 rings (SSSR count). The van der Waals surface area contributed by atoms with Gasteiger partial charge in [0, 0.05) is 25.1 Å². The van der Waals surface area contributed by atoms with Crippen molar-refractivity contribution >= 4 is 27.7 Å². The fourth-order valence-electron chi connectivity index (χ4n) is 1.19. The second-order valence-electron chi connectivity index (χ2n) is 3.61. The maximum Gasteiger partial charge on any atom is 0.0361 e. The van der Waals surface area contributed by atoms with E-state index in [1.165, 1.54) is 16.8 Å². The van der Waals surface area contributed by atoms with Gasteiger partial charge < -0.3 is 4.90 Å². The predicted octanol–water partition coefficient (Wildman–Crippen LogP) is 3.55. The Morgan fingerprint density at radius 2 is 1.86 bits per heavy atom. The van der Waals surface area contributed by atoms with Crippen LogP contribution >= 0.6 is 15.9 Å². The van der Waals surface area contributed by atoms with Gasteiger partial charge >= 0.3 is 0 Å². The Balaban J connectivity index is 2.84. The molecule has 0 fully saturated rings. The van der Waals surface area contributed by atoms with Gasteiger partial charge in [-0.1, -0.05) is 39.7 Å². The summed E-state index contributed by atoms with van der Waals surface area (Å²) < 4.78 is 0. The maximum absolute atomic E-state index is 3.43. The summed E-state index contributed by atoms with van der Waals surface area (Å²) in [5.41, 5.74) is 3.83. The SMILES string of the molecule is CC(=Cc1ccc(N(C)C)cc1)CBr. The Hall–Kier alpha value is -0.760. The number of hydrogen-bond acceptors (Lipinski definition) is 1. The summed E-state index contributed by atoms with van der Waals surface area (Å²) in [4.78, 5) is 2.10. The molecule has 0 aromatic heterocycles. The molecule has 1 nitrogen and oxygen atoms in total. The first-order chi connectivity index (χ1) is 6.63. The standard InChI is InChI=1S/C12H16BrN/c1-10(9-13)8-11-4-6-12(7-5-11)14(2)3/h4-8H,9H2,1-3H3. The Labute approximate surface area is 94.6 Å². The molecule has 0 unspecified atom stereocenters. The minimum atomic E-state index is 0.933. The number of rotatable bonds is 3. The molecule has 0 saturated carbocycles. The average molecular weight is 254 g/mol. The predicted molar refractivity (Wildman–Crippen MR) is 68.2 cm³/mol. The number of halogens is 1. The van der Waals surface area contributed by atoms with Gasteiger partial charge in [-0.2, -0.15) is 0 Å². The normalized spacial score (nSPS) is 11.6.